The summed E-state index contributed by atoms with van der Waals surface area (Å²) >= 11 is 0. The molecule has 0 saturated heterocycles. The Morgan fingerprint density at radius 1 is 1.54 bits per heavy atom. The molecule has 0 aromatic carbocycles. The molecule has 0 radical (unpaired) electrons. The van der Waals surface area contributed by atoms with Crippen LogP contribution in [0.15, 0.2) is 12.3 Å². The molecule has 1 atom stereocenters. The number of halogens is 1. The second-order valence-corrected chi connectivity index (χ2v) is 3.22. The number of hydrogen-bond acceptors (Lipinski definition) is 2. The van der Waals surface area contributed by atoms with Gasteiger partial charge in [0.2, 0.25) is 0 Å². The van der Waals surface area contributed by atoms with Gasteiger partial charge >= 0.3 is 0 Å². The zero-order valence-corrected chi connectivity index (χ0v) is 8.05. The third-order valence-electron chi connectivity index (χ3n) is 2.14. The van der Waals surface area contributed by atoms with Crippen molar-refractivity contribution in [2.45, 2.75) is 26.4 Å². The average molecular weight is 182 g/mol. The van der Waals surface area contributed by atoms with E-state index in [2.05, 4.69) is 4.98 Å². The van der Waals surface area contributed by atoms with Crippen LogP contribution in [0.2, 0.25) is 0 Å². The highest BCUT2D eigenvalue weighted by molar-refractivity contribution is 5.24. The highest BCUT2D eigenvalue weighted by atomic mass is 19.1. The molecule has 1 rings (SSSR count). The van der Waals surface area contributed by atoms with Gasteiger partial charge in [0.1, 0.15) is 6.17 Å². The smallest absolute Gasteiger partial charge is 0.128 e. The van der Waals surface area contributed by atoms with Gasteiger partial charge in [-0.3, -0.25) is 4.98 Å². The van der Waals surface area contributed by atoms with Crippen LogP contribution in [0.5, 0.6) is 0 Å². The van der Waals surface area contributed by atoms with Gasteiger partial charge in [0, 0.05) is 17.5 Å². The van der Waals surface area contributed by atoms with Crippen molar-refractivity contribution >= 4 is 0 Å². The molecule has 0 saturated carbocycles. The van der Waals surface area contributed by atoms with Crippen molar-refractivity contribution < 1.29 is 4.39 Å². The summed E-state index contributed by atoms with van der Waals surface area (Å²) in [6.45, 7) is 4.21. The predicted molar refractivity (Wildman–Crippen MR) is 51.2 cm³/mol. The SMILES string of the molecule is Cc1cc(C(F)CCN)cnc1C. The Morgan fingerprint density at radius 2 is 2.23 bits per heavy atom. The van der Waals surface area contributed by atoms with Gasteiger partial charge in [-0.05, 0) is 38.4 Å². The quantitative estimate of drug-likeness (QED) is 0.777. The Labute approximate surface area is 78.0 Å². The highest BCUT2D eigenvalue weighted by Crippen LogP contribution is 2.21. The molecule has 3 heteroatoms. The molecule has 0 bridgehead atoms. The lowest BCUT2D eigenvalue weighted by atomic mass is 10.1. The van der Waals surface area contributed by atoms with E-state index in [-0.39, 0.29) is 0 Å². The van der Waals surface area contributed by atoms with Gasteiger partial charge in [-0.15, -0.1) is 0 Å². The summed E-state index contributed by atoms with van der Waals surface area (Å²) in [5, 5.41) is 0. The number of aromatic nitrogens is 1. The number of nitrogens with two attached hydrogens (primary N) is 1. The molecule has 1 unspecified atom stereocenters. The minimum atomic E-state index is -0.975. The van der Waals surface area contributed by atoms with Crippen LogP contribution >= 0.6 is 0 Å². The van der Waals surface area contributed by atoms with Crippen molar-refractivity contribution in [2.75, 3.05) is 6.54 Å². The fraction of sp³-hybridized carbons (Fsp3) is 0.500. The third-order valence-corrected chi connectivity index (χ3v) is 2.14. The van der Waals surface area contributed by atoms with E-state index in [4.69, 9.17) is 5.73 Å². The van der Waals surface area contributed by atoms with Crippen LogP contribution in [0.1, 0.15) is 29.4 Å². The van der Waals surface area contributed by atoms with E-state index in [0.717, 1.165) is 11.3 Å². The predicted octanol–water partition coefficient (Wildman–Crippen LogP) is 2.06. The van der Waals surface area contributed by atoms with Crippen LogP contribution in [-0.2, 0) is 0 Å². The summed E-state index contributed by atoms with van der Waals surface area (Å²) in [5.41, 5.74) is 7.88. The van der Waals surface area contributed by atoms with E-state index in [0.29, 0.717) is 18.5 Å². The second kappa shape index (κ2) is 4.33. The van der Waals surface area contributed by atoms with Crippen LogP contribution in [0.25, 0.3) is 0 Å². The topological polar surface area (TPSA) is 38.9 Å². The van der Waals surface area contributed by atoms with Gasteiger partial charge in [0.15, 0.2) is 0 Å². The van der Waals surface area contributed by atoms with Crippen LogP contribution < -0.4 is 5.73 Å². The molecule has 0 amide bonds. The van der Waals surface area contributed by atoms with Gasteiger partial charge in [-0.2, -0.15) is 0 Å². The fourth-order valence-electron chi connectivity index (χ4n) is 1.15. The minimum Gasteiger partial charge on any atom is -0.330 e. The van der Waals surface area contributed by atoms with Crippen molar-refractivity contribution in [3.8, 4) is 0 Å². The van der Waals surface area contributed by atoms with Crippen molar-refractivity contribution in [3.05, 3.63) is 29.1 Å². The molecule has 1 heterocycles. The lowest BCUT2D eigenvalue weighted by Gasteiger charge is -2.08. The van der Waals surface area contributed by atoms with Crippen molar-refractivity contribution in [3.63, 3.8) is 0 Å². The molecular weight excluding hydrogens is 167 g/mol. The molecule has 72 valence electrons. The fourth-order valence-corrected chi connectivity index (χ4v) is 1.15. The lowest BCUT2D eigenvalue weighted by Crippen LogP contribution is -2.04. The number of nitrogens with zero attached hydrogens (tertiary/aromatic N) is 1. The monoisotopic (exact) mass is 182 g/mol. The second-order valence-electron chi connectivity index (χ2n) is 3.22. The van der Waals surface area contributed by atoms with Gasteiger partial charge in [-0.25, -0.2) is 4.39 Å². The molecule has 0 aliphatic heterocycles. The Morgan fingerprint density at radius 3 is 2.77 bits per heavy atom. The first-order valence-electron chi connectivity index (χ1n) is 4.42. The number of alkyl halides is 1. The number of pyridine rings is 1. The third kappa shape index (κ3) is 2.49. The van der Waals surface area contributed by atoms with Crippen molar-refractivity contribution in [2.24, 2.45) is 5.73 Å². The number of aryl methyl sites for hydroxylation is 2. The van der Waals surface area contributed by atoms with Crippen LogP contribution in [0.3, 0.4) is 0 Å². The normalized spacial score (nSPS) is 12.9. The highest BCUT2D eigenvalue weighted by Gasteiger charge is 2.09. The van der Waals surface area contributed by atoms with Crippen LogP contribution in [0, 0.1) is 13.8 Å². The molecule has 13 heavy (non-hydrogen) atoms. The summed E-state index contributed by atoms with van der Waals surface area (Å²) in [7, 11) is 0. The maximum absolute atomic E-state index is 13.3. The molecule has 0 aliphatic carbocycles. The van der Waals surface area contributed by atoms with Crippen molar-refractivity contribution in [1.29, 1.82) is 0 Å². The number of hydrogen-bond donors (Lipinski definition) is 1. The Bertz CT molecular complexity index is 286. The molecule has 1 aromatic rings. The summed E-state index contributed by atoms with van der Waals surface area (Å²) < 4.78 is 13.3. The molecule has 2 nitrogen and oxygen atoms in total. The zero-order chi connectivity index (χ0) is 9.84. The Kier molecular flexibility index (Phi) is 3.37. The lowest BCUT2D eigenvalue weighted by molar-refractivity contribution is 0.327. The zero-order valence-electron chi connectivity index (χ0n) is 8.05. The van der Waals surface area contributed by atoms with E-state index in [1.54, 1.807) is 6.20 Å². The maximum Gasteiger partial charge on any atom is 0.128 e. The first-order chi connectivity index (χ1) is 6.15. The number of rotatable bonds is 3. The average Bonchev–Trinajstić information content (AvgIpc) is 2.10. The molecule has 0 spiro atoms. The van der Waals surface area contributed by atoms with Crippen molar-refractivity contribution in [1.82, 2.24) is 4.98 Å². The maximum atomic E-state index is 13.3. The molecule has 2 N–H and O–H groups in total. The van der Waals surface area contributed by atoms with Gasteiger partial charge in [0.25, 0.3) is 0 Å². The largest absolute Gasteiger partial charge is 0.330 e. The van der Waals surface area contributed by atoms with Gasteiger partial charge < -0.3 is 5.73 Å². The van der Waals surface area contributed by atoms with E-state index in [1.807, 2.05) is 19.9 Å². The van der Waals surface area contributed by atoms with Crippen LogP contribution in [-0.4, -0.2) is 11.5 Å². The minimum absolute atomic E-state index is 0.365. The molecule has 0 aliphatic rings. The first-order valence-corrected chi connectivity index (χ1v) is 4.42. The molecule has 1 aromatic heterocycles. The molecular formula is C10H15FN2. The first kappa shape index (κ1) is 10.1. The van der Waals surface area contributed by atoms with E-state index in [1.165, 1.54) is 0 Å². The van der Waals surface area contributed by atoms with Gasteiger partial charge in [-0.1, -0.05) is 0 Å². The summed E-state index contributed by atoms with van der Waals surface area (Å²) in [6.07, 6.45) is 0.976. The summed E-state index contributed by atoms with van der Waals surface area (Å²) in [5.74, 6) is 0. The molecule has 0 fully saturated rings. The van der Waals surface area contributed by atoms with E-state index >= 15 is 0 Å². The van der Waals surface area contributed by atoms with Crippen LogP contribution in [0.4, 0.5) is 4.39 Å². The summed E-state index contributed by atoms with van der Waals surface area (Å²) in [6, 6.07) is 1.84. The van der Waals surface area contributed by atoms with E-state index in [9.17, 15) is 4.39 Å². The Hall–Kier alpha value is -0.960. The Balaban J connectivity index is 2.84. The summed E-state index contributed by atoms with van der Waals surface area (Å²) in [4.78, 5) is 4.10. The standard InChI is InChI=1S/C10H15FN2/c1-7-5-9(6-13-8(7)2)10(11)3-4-12/h5-6,10H,3-4,12H2,1-2H3. The van der Waals surface area contributed by atoms with E-state index < -0.39 is 6.17 Å². The van der Waals surface area contributed by atoms with Gasteiger partial charge in [0.05, 0.1) is 0 Å².